The van der Waals surface area contributed by atoms with E-state index in [9.17, 15) is 20.0 Å². The lowest BCUT2D eigenvalue weighted by atomic mass is 9.76. The van der Waals surface area contributed by atoms with Gasteiger partial charge in [-0.15, -0.1) is 0 Å². The fourth-order valence-electron chi connectivity index (χ4n) is 4.76. The number of aliphatic imine (C=N–C) groups is 1. The second kappa shape index (κ2) is 9.36. The molecule has 6 heteroatoms. The Kier molecular flexibility index (Phi) is 6.06. The topological polar surface area (TPSA) is 103 Å². The molecule has 0 bridgehead atoms. The third-order valence-corrected chi connectivity index (χ3v) is 6.64. The summed E-state index contributed by atoms with van der Waals surface area (Å²) in [5.41, 5.74) is 5.35. The number of benzene rings is 3. The SMILES string of the molecule is CC1(C)CC(=O)C(C#N)=C(Nc2ccc(-c3ccc(N=CC4=C(O)c5ccccc5C4=O)cc3)cc2)C1. The van der Waals surface area contributed by atoms with Crippen LogP contribution in [0, 0.1) is 16.7 Å². The van der Waals surface area contributed by atoms with Crippen LogP contribution in [0.1, 0.15) is 42.6 Å². The molecule has 0 amide bonds. The second-order valence-corrected chi connectivity index (χ2v) is 10.1. The van der Waals surface area contributed by atoms with Crippen LogP contribution in [0.2, 0.25) is 0 Å². The Morgan fingerprint density at radius 1 is 0.919 bits per heavy atom. The first-order valence-corrected chi connectivity index (χ1v) is 12.0. The van der Waals surface area contributed by atoms with Gasteiger partial charge in [-0.25, -0.2) is 0 Å². The van der Waals surface area contributed by atoms with E-state index < -0.39 is 0 Å². The van der Waals surface area contributed by atoms with E-state index in [4.69, 9.17) is 0 Å². The van der Waals surface area contributed by atoms with Gasteiger partial charge in [0.1, 0.15) is 17.4 Å². The van der Waals surface area contributed by atoms with E-state index in [0.29, 0.717) is 35.4 Å². The molecule has 0 saturated heterocycles. The predicted octanol–water partition coefficient (Wildman–Crippen LogP) is 6.80. The third kappa shape index (κ3) is 4.72. The molecule has 2 aliphatic rings. The van der Waals surface area contributed by atoms with Crippen LogP contribution in [0.5, 0.6) is 0 Å². The Hall–Kier alpha value is -4.76. The number of fused-ring (bicyclic) bond motifs is 1. The zero-order chi connectivity index (χ0) is 26.2. The number of anilines is 1. The average Bonchev–Trinajstić information content (AvgIpc) is 3.12. The summed E-state index contributed by atoms with van der Waals surface area (Å²) in [7, 11) is 0. The van der Waals surface area contributed by atoms with Crippen molar-refractivity contribution in [1.29, 1.82) is 5.26 Å². The number of Topliss-reactive ketones (excluding diaryl/α,β-unsaturated/α-hetero) is 2. The van der Waals surface area contributed by atoms with Crippen molar-refractivity contribution in [3.05, 3.63) is 101 Å². The number of nitriles is 1. The van der Waals surface area contributed by atoms with E-state index in [-0.39, 0.29) is 33.9 Å². The van der Waals surface area contributed by atoms with Crippen molar-refractivity contribution >= 4 is 34.9 Å². The van der Waals surface area contributed by atoms with E-state index in [2.05, 4.69) is 16.4 Å². The Morgan fingerprint density at radius 3 is 2.16 bits per heavy atom. The van der Waals surface area contributed by atoms with Gasteiger partial charge in [-0.1, -0.05) is 62.4 Å². The first-order valence-electron chi connectivity index (χ1n) is 12.0. The maximum Gasteiger partial charge on any atom is 0.199 e. The van der Waals surface area contributed by atoms with Crippen LogP contribution in [-0.4, -0.2) is 22.9 Å². The average molecular weight is 488 g/mol. The van der Waals surface area contributed by atoms with E-state index >= 15 is 0 Å². The zero-order valence-electron chi connectivity index (χ0n) is 20.6. The van der Waals surface area contributed by atoms with Crippen molar-refractivity contribution in [1.82, 2.24) is 0 Å². The number of hydrogen-bond acceptors (Lipinski definition) is 6. The Balaban J connectivity index is 1.30. The van der Waals surface area contributed by atoms with E-state index in [1.807, 2.05) is 62.4 Å². The van der Waals surface area contributed by atoms with Crippen LogP contribution in [-0.2, 0) is 4.79 Å². The molecule has 3 aromatic carbocycles. The van der Waals surface area contributed by atoms with Crippen LogP contribution in [0.3, 0.4) is 0 Å². The van der Waals surface area contributed by atoms with Gasteiger partial charge in [0.15, 0.2) is 11.6 Å². The summed E-state index contributed by atoms with van der Waals surface area (Å²) < 4.78 is 0. The molecule has 0 atom stereocenters. The molecule has 0 spiro atoms. The number of allylic oxidation sites excluding steroid dienone is 3. The number of carbonyl (C=O) groups is 2. The van der Waals surface area contributed by atoms with Gasteiger partial charge in [-0.05, 0) is 47.2 Å². The summed E-state index contributed by atoms with van der Waals surface area (Å²) >= 11 is 0. The normalized spacial score (nSPS) is 16.8. The number of aliphatic hydroxyl groups is 1. The van der Waals surface area contributed by atoms with Gasteiger partial charge in [0.2, 0.25) is 0 Å². The summed E-state index contributed by atoms with van der Waals surface area (Å²) in [5.74, 6) is -0.400. The minimum atomic E-state index is -0.235. The van der Waals surface area contributed by atoms with Crippen molar-refractivity contribution in [2.45, 2.75) is 26.7 Å². The molecule has 2 aliphatic carbocycles. The summed E-state index contributed by atoms with van der Waals surface area (Å²) in [5, 5.41) is 23.1. The predicted molar refractivity (Wildman–Crippen MR) is 145 cm³/mol. The van der Waals surface area contributed by atoms with Crippen molar-refractivity contribution in [3.63, 3.8) is 0 Å². The van der Waals surface area contributed by atoms with E-state index in [1.165, 1.54) is 6.21 Å². The minimum absolute atomic E-state index is 0.0477. The summed E-state index contributed by atoms with van der Waals surface area (Å²) in [4.78, 5) is 29.3. The van der Waals surface area contributed by atoms with Crippen molar-refractivity contribution in [2.75, 3.05) is 5.32 Å². The Labute approximate surface area is 215 Å². The van der Waals surface area contributed by atoms with Gasteiger partial charge in [0, 0.05) is 35.1 Å². The Bertz CT molecular complexity index is 1550. The van der Waals surface area contributed by atoms with Gasteiger partial charge >= 0.3 is 0 Å². The highest BCUT2D eigenvalue weighted by Crippen LogP contribution is 2.37. The van der Waals surface area contributed by atoms with Gasteiger partial charge in [-0.3, -0.25) is 14.6 Å². The second-order valence-electron chi connectivity index (χ2n) is 10.1. The summed E-state index contributed by atoms with van der Waals surface area (Å²) in [6.07, 6.45) is 2.43. The van der Waals surface area contributed by atoms with Gasteiger partial charge in [-0.2, -0.15) is 5.26 Å². The maximum absolute atomic E-state index is 12.6. The van der Waals surface area contributed by atoms with Crippen molar-refractivity contribution in [3.8, 4) is 17.2 Å². The molecule has 0 aromatic heterocycles. The number of rotatable bonds is 5. The fourth-order valence-corrected chi connectivity index (χ4v) is 4.76. The molecular formula is C31H25N3O3. The summed E-state index contributed by atoms with van der Waals surface area (Å²) in [6.45, 7) is 4.06. The molecule has 0 saturated carbocycles. The lowest BCUT2D eigenvalue weighted by molar-refractivity contribution is -0.117. The number of hydrogen-bond donors (Lipinski definition) is 2. The lowest BCUT2D eigenvalue weighted by Gasteiger charge is -2.30. The van der Waals surface area contributed by atoms with E-state index in [1.54, 1.807) is 24.3 Å². The molecule has 6 nitrogen and oxygen atoms in total. The molecule has 0 heterocycles. The molecule has 2 N–H and O–H groups in total. The third-order valence-electron chi connectivity index (χ3n) is 6.64. The quantitative estimate of drug-likeness (QED) is 0.385. The highest BCUT2D eigenvalue weighted by Gasteiger charge is 2.33. The molecule has 0 fully saturated rings. The van der Waals surface area contributed by atoms with Crippen LogP contribution >= 0.6 is 0 Å². The zero-order valence-corrected chi connectivity index (χ0v) is 20.6. The monoisotopic (exact) mass is 487 g/mol. The highest BCUT2D eigenvalue weighted by molar-refractivity contribution is 6.30. The number of nitrogens with zero attached hydrogens (tertiary/aromatic N) is 2. The lowest BCUT2D eigenvalue weighted by Crippen LogP contribution is -2.27. The highest BCUT2D eigenvalue weighted by atomic mass is 16.3. The number of aliphatic hydroxyl groups excluding tert-OH is 1. The largest absolute Gasteiger partial charge is 0.506 e. The molecular weight excluding hydrogens is 462 g/mol. The molecule has 3 aromatic rings. The van der Waals surface area contributed by atoms with Gasteiger partial charge in [0.25, 0.3) is 0 Å². The minimum Gasteiger partial charge on any atom is -0.506 e. The molecule has 0 radical (unpaired) electrons. The van der Waals surface area contributed by atoms with Crippen LogP contribution < -0.4 is 5.32 Å². The summed E-state index contributed by atoms with van der Waals surface area (Å²) in [6, 6.07) is 24.4. The molecule has 37 heavy (non-hydrogen) atoms. The van der Waals surface area contributed by atoms with Crippen molar-refractivity contribution < 1.29 is 14.7 Å². The van der Waals surface area contributed by atoms with Gasteiger partial charge in [0.05, 0.1) is 11.3 Å². The first-order chi connectivity index (χ1) is 17.8. The smallest absolute Gasteiger partial charge is 0.199 e. The fraction of sp³-hybridized carbons (Fsp3) is 0.161. The van der Waals surface area contributed by atoms with Crippen molar-refractivity contribution in [2.24, 2.45) is 10.4 Å². The van der Waals surface area contributed by atoms with Crippen LogP contribution in [0.15, 0.2) is 94.6 Å². The molecule has 182 valence electrons. The molecule has 0 aliphatic heterocycles. The van der Waals surface area contributed by atoms with E-state index in [0.717, 1.165) is 16.8 Å². The number of carbonyl (C=O) groups excluding carboxylic acids is 2. The van der Waals surface area contributed by atoms with Crippen LogP contribution in [0.4, 0.5) is 11.4 Å². The Morgan fingerprint density at radius 2 is 1.54 bits per heavy atom. The van der Waals surface area contributed by atoms with Gasteiger partial charge < -0.3 is 10.4 Å². The number of ketones is 2. The maximum atomic E-state index is 12.6. The number of nitrogens with one attached hydrogen (secondary N) is 1. The first kappa shape index (κ1) is 24.0. The standard InChI is InChI=1S/C31H25N3O3/c1-31(2)15-27(25(17-32)28(35)16-31)34-22-13-9-20(10-14-22)19-7-11-21(12-8-19)33-18-26-29(36)23-5-3-4-6-24(23)30(26)37/h3-14,18,34,36H,15-16H2,1-2H3. The molecule has 0 unspecified atom stereocenters. The van der Waals surface area contributed by atoms with Crippen LogP contribution in [0.25, 0.3) is 16.9 Å². The molecule has 5 rings (SSSR count).